The predicted molar refractivity (Wildman–Crippen MR) is 115 cm³/mol. The van der Waals surface area contributed by atoms with Crippen molar-refractivity contribution in [1.29, 1.82) is 0 Å². The van der Waals surface area contributed by atoms with Crippen molar-refractivity contribution in [1.82, 2.24) is 9.55 Å². The van der Waals surface area contributed by atoms with E-state index in [-0.39, 0.29) is 17.8 Å². The zero-order chi connectivity index (χ0) is 20.5. The van der Waals surface area contributed by atoms with Crippen molar-refractivity contribution in [2.45, 2.75) is 25.8 Å². The number of amides is 1. The first-order valence-electron chi connectivity index (χ1n) is 9.10. The molecule has 0 spiro atoms. The fourth-order valence-corrected chi connectivity index (χ4v) is 5.20. The van der Waals surface area contributed by atoms with E-state index in [2.05, 4.69) is 4.98 Å². The smallest absolute Gasteiger partial charge is 0.263 e. The van der Waals surface area contributed by atoms with Crippen molar-refractivity contribution in [3.8, 4) is 10.4 Å². The highest BCUT2D eigenvalue weighted by Gasteiger charge is 2.25. The number of benzene rings is 1. The minimum atomic E-state index is -0.850. The lowest BCUT2D eigenvalue weighted by atomic mass is 10.1. The van der Waals surface area contributed by atoms with Gasteiger partial charge in [0.2, 0.25) is 5.91 Å². The normalized spacial score (nSPS) is 12.3. The van der Waals surface area contributed by atoms with Crippen LogP contribution in [0.5, 0.6) is 0 Å². The van der Waals surface area contributed by atoms with Crippen LogP contribution in [0.3, 0.4) is 0 Å². The summed E-state index contributed by atoms with van der Waals surface area (Å²) in [6.45, 7) is 1.78. The average molecular weight is 428 g/mol. The fraction of sp³-hybridized carbons (Fsp3) is 0.190. The lowest BCUT2D eigenvalue weighted by Gasteiger charge is -2.19. The second kappa shape index (κ2) is 7.88. The number of aromatic nitrogens is 2. The Kier molecular flexibility index (Phi) is 5.29. The van der Waals surface area contributed by atoms with Gasteiger partial charge in [0.05, 0.1) is 5.39 Å². The number of thiophene rings is 2. The molecule has 3 aromatic heterocycles. The summed E-state index contributed by atoms with van der Waals surface area (Å²) in [7, 11) is 0. The molecule has 0 aliphatic rings. The van der Waals surface area contributed by atoms with Crippen LogP contribution < -0.4 is 11.3 Å². The number of hydrogen-bond donors (Lipinski definition) is 1. The van der Waals surface area contributed by atoms with Crippen molar-refractivity contribution in [3.05, 3.63) is 74.7 Å². The number of primary amides is 1. The summed E-state index contributed by atoms with van der Waals surface area (Å²) in [5.41, 5.74) is 6.47. The van der Waals surface area contributed by atoms with Crippen LogP contribution in [0, 0.1) is 5.82 Å². The number of halogens is 1. The van der Waals surface area contributed by atoms with Crippen molar-refractivity contribution in [2.24, 2.45) is 5.73 Å². The lowest BCUT2D eigenvalue weighted by molar-refractivity contribution is -0.121. The van der Waals surface area contributed by atoms with E-state index in [0.29, 0.717) is 28.0 Å². The molecule has 0 saturated heterocycles. The number of nitrogens with two attached hydrogens (primary N) is 1. The Balaban J connectivity index is 1.98. The van der Waals surface area contributed by atoms with Crippen LogP contribution in [-0.2, 0) is 11.2 Å². The molecule has 3 heterocycles. The molecule has 0 saturated carbocycles. The summed E-state index contributed by atoms with van der Waals surface area (Å²) >= 11 is 2.89. The summed E-state index contributed by atoms with van der Waals surface area (Å²) in [6, 6.07) is 9.35. The molecular weight excluding hydrogens is 409 g/mol. The van der Waals surface area contributed by atoms with E-state index in [4.69, 9.17) is 5.73 Å². The third kappa shape index (κ3) is 3.49. The third-order valence-electron chi connectivity index (χ3n) is 4.83. The summed E-state index contributed by atoms with van der Waals surface area (Å²) in [5, 5.41) is 4.30. The van der Waals surface area contributed by atoms with Crippen LogP contribution in [0.1, 0.15) is 30.8 Å². The van der Waals surface area contributed by atoms with E-state index in [1.807, 2.05) is 22.9 Å². The monoisotopic (exact) mass is 427 g/mol. The molecule has 2 N–H and O–H groups in total. The maximum absolute atomic E-state index is 14.3. The SMILES string of the molecule is CCC(C(N)=O)n1c(Cc2ccccc2F)nc2scc(-c3cccs3)c2c1=O. The molecule has 4 aromatic rings. The maximum atomic E-state index is 14.3. The van der Waals surface area contributed by atoms with Gasteiger partial charge in [0, 0.05) is 22.2 Å². The Bertz CT molecular complexity index is 1240. The van der Waals surface area contributed by atoms with Gasteiger partial charge < -0.3 is 5.73 Å². The predicted octanol–water partition coefficient (Wildman–Crippen LogP) is 4.35. The van der Waals surface area contributed by atoms with E-state index in [1.54, 1.807) is 25.1 Å². The molecule has 0 aliphatic carbocycles. The molecule has 1 aromatic carbocycles. The number of nitrogens with zero attached hydrogens (tertiary/aromatic N) is 2. The highest BCUT2D eigenvalue weighted by molar-refractivity contribution is 7.18. The maximum Gasteiger partial charge on any atom is 0.263 e. The second-order valence-corrected chi connectivity index (χ2v) is 8.41. The number of carbonyl (C=O) groups is 1. The second-order valence-electron chi connectivity index (χ2n) is 6.60. The van der Waals surface area contributed by atoms with Crippen molar-refractivity contribution < 1.29 is 9.18 Å². The molecule has 0 radical (unpaired) electrons. The molecule has 1 amide bonds. The molecule has 29 heavy (non-hydrogen) atoms. The summed E-state index contributed by atoms with van der Waals surface area (Å²) in [6.07, 6.45) is 0.430. The molecule has 0 bridgehead atoms. The largest absolute Gasteiger partial charge is 0.368 e. The zero-order valence-electron chi connectivity index (χ0n) is 15.6. The van der Waals surface area contributed by atoms with E-state index < -0.39 is 11.9 Å². The molecule has 148 valence electrons. The molecule has 0 fully saturated rings. The highest BCUT2D eigenvalue weighted by Crippen LogP contribution is 2.34. The summed E-state index contributed by atoms with van der Waals surface area (Å²) in [4.78, 5) is 31.8. The van der Waals surface area contributed by atoms with Gasteiger partial charge in [-0.2, -0.15) is 0 Å². The quantitative estimate of drug-likeness (QED) is 0.497. The first kappa shape index (κ1) is 19.5. The van der Waals surface area contributed by atoms with Crippen molar-refractivity contribution >= 4 is 38.8 Å². The molecular formula is C21H18FN3O2S2. The van der Waals surface area contributed by atoms with E-state index in [9.17, 15) is 14.0 Å². The standard InChI is InChI=1S/C21H18FN3O2S2/c1-2-15(19(23)26)25-17(10-12-6-3-4-7-14(12)22)24-20-18(21(25)27)13(11-29-20)16-8-5-9-28-16/h3-9,11,15H,2,10H2,1H3,(H2,23,26). The molecule has 5 nitrogen and oxygen atoms in total. The number of hydrogen-bond acceptors (Lipinski definition) is 5. The molecule has 1 unspecified atom stereocenters. The van der Waals surface area contributed by atoms with Gasteiger partial charge in [-0.1, -0.05) is 31.2 Å². The third-order valence-corrected chi connectivity index (χ3v) is 6.61. The van der Waals surface area contributed by atoms with E-state index in [1.165, 1.54) is 33.3 Å². The summed E-state index contributed by atoms with van der Waals surface area (Å²) in [5.74, 6) is -0.665. The van der Waals surface area contributed by atoms with Gasteiger partial charge >= 0.3 is 0 Å². The molecule has 8 heteroatoms. The van der Waals surface area contributed by atoms with Crippen LogP contribution in [0.2, 0.25) is 0 Å². The molecule has 4 rings (SSSR count). The highest BCUT2D eigenvalue weighted by atomic mass is 32.1. The first-order valence-corrected chi connectivity index (χ1v) is 10.9. The van der Waals surface area contributed by atoms with Gasteiger partial charge in [0.15, 0.2) is 0 Å². The molecule has 0 aliphatic heterocycles. The Labute approximate surface area is 174 Å². The number of rotatable bonds is 6. The van der Waals surface area contributed by atoms with Crippen LogP contribution in [-0.4, -0.2) is 15.5 Å². The lowest BCUT2D eigenvalue weighted by Crippen LogP contribution is -2.36. The Hall–Kier alpha value is -2.84. The minimum Gasteiger partial charge on any atom is -0.368 e. The van der Waals surface area contributed by atoms with Gasteiger partial charge in [-0.25, -0.2) is 9.37 Å². The minimum absolute atomic E-state index is 0.0911. The average Bonchev–Trinajstić information content (AvgIpc) is 3.35. The topological polar surface area (TPSA) is 78.0 Å². The first-order chi connectivity index (χ1) is 14.0. The summed E-state index contributed by atoms with van der Waals surface area (Å²) < 4.78 is 15.6. The van der Waals surface area contributed by atoms with Gasteiger partial charge in [0.1, 0.15) is 22.5 Å². The van der Waals surface area contributed by atoms with Gasteiger partial charge in [-0.15, -0.1) is 22.7 Å². The number of fused-ring (bicyclic) bond motifs is 1. The Morgan fingerprint density at radius 1 is 1.24 bits per heavy atom. The van der Waals surface area contributed by atoms with Crippen molar-refractivity contribution in [2.75, 3.05) is 0 Å². The van der Waals surface area contributed by atoms with Crippen LogP contribution in [0.4, 0.5) is 4.39 Å². The number of carbonyl (C=O) groups excluding carboxylic acids is 1. The fourth-order valence-electron chi connectivity index (χ4n) is 3.43. The van der Waals surface area contributed by atoms with Crippen molar-refractivity contribution in [3.63, 3.8) is 0 Å². The van der Waals surface area contributed by atoms with E-state index >= 15 is 0 Å². The van der Waals surface area contributed by atoms with Crippen LogP contribution in [0.25, 0.3) is 20.7 Å². The van der Waals surface area contributed by atoms with Crippen LogP contribution >= 0.6 is 22.7 Å². The zero-order valence-corrected chi connectivity index (χ0v) is 17.2. The van der Waals surface area contributed by atoms with Gasteiger partial charge in [0.25, 0.3) is 5.56 Å². The van der Waals surface area contributed by atoms with Gasteiger partial charge in [-0.05, 0) is 29.5 Å². The van der Waals surface area contributed by atoms with Gasteiger partial charge in [-0.3, -0.25) is 14.2 Å². The molecule has 1 atom stereocenters. The Morgan fingerprint density at radius 2 is 2.03 bits per heavy atom. The van der Waals surface area contributed by atoms with Crippen LogP contribution in [0.15, 0.2) is 52.0 Å². The Morgan fingerprint density at radius 3 is 2.69 bits per heavy atom. The van der Waals surface area contributed by atoms with E-state index in [0.717, 1.165) is 10.4 Å².